The largest absolute Gasteiger partial charge is 0.489 e. The molecular weight excluding hydrogens is 226 g/mol. The number of anilines is 1. The van der Waals surface area contributed by atoms with Crippen LogP contribution in [0.15, 0.2) is 18.2 Å². The Bertz CT molecular complexity index is 318. The van der Waals surface area contributed by atoms with E-state index in [1.807, 2.05) is 0 Å². The summed E-state index contributed by atoms with van der Waals surface area (Å²) in [4.78, 5) is 0. The highest BCUT2D eigenvalue weighted by Crippen LogP contribution is 2.24. The second-order valence-electron chi connectivity index (χ2n) is 3.50. The molecule has 0 aliphatic carbocycles. The SMILES string of the molecule is CCCCOCCOc1ccc(Cl)cc1N. The van der Waals surface area contributed by atoms with Crippen LogP contribution in [-0.4, -0.2) is 19.8 Å². The molecule has 1 rings (SSSR count). The smallest absolute Gasteiger partial charge is 0.142 e. The summed E-state index contributed by atoms with van der Waals surface area (Å²) in [5.41, 5.74) is 6.29. The number of nitrogens with two attached hydrogens (primary N) is 1. The molecule has 0 fully saturated rings. The van der Waals surface area contributed by atoms with Crippen LogP contribution in [0.5, 0.6) is 5.75 Å². The predicted molar refractivity (Wildman–Crippen MR) is 67.1 cm³/mol. The minimum absolute atomic E-state index is 0.509. The molecule has 3 nitrogen and oxygen atoms in total. The zero-order valence-corrected chi connectivity index (χ0v) is 10.3. The van der Waals surface area contributed by atoms with Crippen LogP contribution in [-0.2, 0) is 4.74 Å². The number of ether oxygens (including phenoxy) is 2. The number of unbranched alkanes of at least 4 members (excludes halogenated alkanes) is 1. The van der Waals surface area contributed by atoms with E-state index in [0.717, 1.165) is 19.4 Å². The molecule has 0 aliphatic heterocycles. The maximum atomic E-state index is 5.78. The Labute approximate surface area is 101 Å². The molecule has 4 heteroatoms. The first-order valence-electron chi connectivity index (χ1n) is 5.49. The quantitative estimate of drug-likeness (QED) is 0.591. The van der Waals surface area contributed by atoms with Crippen LogP contribution >= 0.6 is 11.6 Å². The van der Waals surface area contributed by atoms with E-state index in [4.69, 9.17) is 26.8 Å². The standard InChI is InChI=1S/C12H18ClNO2/c1-2-3-6-15-7-8-16-12-5-4-10(13)9-11(12)14/h4-5,9H,2-3,6-8,14H2,1H3. The van der Waals surface area contributed by atoms with Crippen molar-refractivity contribution in [2.45, 2.75) is 19.8 Å². The lowest BCUT2D eigenvalue weighted by Gasteiger charge is -2.09. The van der Waals surface area contributed by atoms with E-state index in [1.165, 1.54) is 0 Å². The van der Waals surface area contributed by atoms with Crippen molar-refractivity contribution < 1.29 is 9.47 Å². The molecular formula is C12H18ClNO2. The van der Waals surface area contributed by atoms with E-state index in [-0.39, 0.29) is 0 Å². The predicted octanol–water partition coefficient (Wildman–Crippen LogP) is 3.12. The van der Waals surface area contributed by atoms with Crippen LogP contribution in [0.4, 0.5) is 5.69 Å². The maximum Gasteiger partial charge on any atom is 0.142 e. The Kier molecular flexibility index (Phi) is 6.04. The molecule has 0 saturated heterocycles. The zero-order valence-electron chi connectivity index (χ0n) is 9.54. The maximum absolute atomic E-state index is 5.78. The van der Waals surface area contributed by atoms with E-state index in [2.05, 4.69) is 6.92 Å². The summed E-state index contributed by atoms with van der Waals surface area (Å²) in [6, 6.07) is 5.20. The van der Waals surface area contributed by atoms with Gasteiger partial charge in [-0.25, -0.2) is 0 Å². The molecule has 0 bridgehead atoms. The van der Waals surface area contributed by atoms with Gasteiger partial charge in [-0.15, -0.1) is 0 Å². The monoisotopic (exact) mass is 243 g/mol. The number of hydrogen-bond donors (Lipinski definition) is 1. The van der Waals surface area contributed by atoms with Gasteiger partial charge in [0.15, 0.2) is 0 Å². The van der Waals surface area contributed by atoms with E-state index in [9.17, 15) is 0 Å². The summed E-state index contributed by atoms with van der Waals surface area (Å²) in [5, 5.41) is 0.615. The summed E-state index contributed by atoms with van der Waals surface area (Å²) in [7, 11) is 0. The minimum atomic E-state index is 0.509. The molecule has 0 aromatic heterocycles. The van der Waals surface area contributed by atoms with E-state index in [1.54, 1.807) is 18.2 Å². The lowest BCUT2D eigenvalue weighted by molar-refractivity contribution is 0.0983. The summed E-state index contributed by atoms with van der Waals surface area (Å²) in [5.74, 6) is 0.656. The van der Waals surface area contributed by atoms with Crippen molar-refractivity contribution in [3.05, 3.63) is 23.2 Å². The van der Waals surface area contributed by atoms with Gasteiger partial charge in [0.1, 0.15) is 12.4 Å². The second-order valence-corrected chi connectivity index (χ2v) is 3.93. The lowest BCUT2D eigenvalue weighted by atomic mass is 10.3. The van der Waals surface area contributed by atoms with E-state index in [0.29, 0.717) is 29.7 Å². The summed E-state index contributed by atoms with van der Waals surface area (Å²) in [6.45, 7) is 4.02. The average Bonchev–Trinajstić information content (AvgIpc) is 2.26. The fourth-order valence-electron chi connectivity index (χ4n) is 1.21. The molecule has 16 heavy (non-hydrogen) atoms. The van der Waals surface area contributed by atoms with Crippen LogP contribution in [0, 0.1) is 0 Å². The fraction of sp³-hybridized carbons (Fsp3) is 0.500. The molecule has 1 aromatic carbocycles. The van der Waals surface area contributed by atoms with Gasteiger partial charge in [-0.3, -0.25) is 0 Å². The molecule has 2 N–H and O–H groups in total. The molecule has 0 saturated carbocycles. The Morgan fingerprint density at radius 3 is 2.75 bits per heavy atom. The molecule has 0 spiro atoms. The molecule has 0 radical (unpaired) electrons. The van der Waals surface area contributed by atoms with Gasteiger partial charge in [0.2, 0.25) is 0 Å². The van der Waals surface area contributed by atoms with Gasteiger partial charge in [-0.05, 0) is 24.6 Å². The molecule has 90 valence electrons. The Morgan fingerprint density at radius 1 is 1.25 bits per heavy atom. The van der Waals surface area contributed by atoms with Crippen molar-refractivity contribution in [2.75, 3.05) is 25.6 Å². The van der Waals surface area contributed by atoms with Gasteiger partial charge in [-0.2, -0.15) is 0 Å². The first-order chi connectivity index (χ1) is 7.74. The first kappa shape index (κ1) is 13.1. The number of rotatable bonds is 7. The van der Waals surface area contributed by atoms with Crippen LogP contribution < -0.4 is 10.5 Å². The van der Waals surface area contributed by atoms with Gasteiger partial charge in [0.25, 0.3) is 0 Å². The van der Waals surface area contributed by atoms with Crippen molar-refractivity contribution in [1.29, 1.82) is 0 Å². The highest BCUT2D eigenvalue weighted by Gasteiger charge is 2.00. The Hall–Kier alpha value is -0.930. The van der Waals surface area contributed by atoms with Gasteiger partial charge < -0.3 is 15.2 Å². The third-order valence-electron chi connectivity index (χ3n) is 2.10. The van der Waals surface area contributed by atoms with E-state index < -0.39 is 0 Å². The molecule has 1 aromatic rings. The molecule has 0 atom stereocenters. The third kappa shape index (κ3) is 4.73. The van der Waals surface area contributed by atoms with Gasteiger partial charge in [0.05, 0.1) is 12.3 Å². The van der Waals surface area contributed by atoms with E-state index >= 15 is 0 Å². The number of hydrogen-bond acceptors (Lipinski definition) is 3. The topological polar surface area (TPSA) is 44.5 Å². The normalized spacial score (nSPS) is 10.4. The lowest BCUT2D eigenvalue weighted by Crippen LogP contribution is -2.08. The van der Waals surface area contributed by atoms with Crippen LogP contribution in [0.25, 0.3) is 0 Å². The van der Waals surface area contributed by atoms with Crippen molar-refractivity contribution in [1.82, 2.24) is 0 Å². The summed E-state index contributed by atoms with van der Waals surface area (Å²) >= 11 is 5.78. The van der Waals surface area contributed by atoms with Crippen molar-refractivity contribution in [3.8, 4) is 5.75 Å². The summed E-state index contributed by atoms with van der Waals surface area (Å²) < 4.78 is 10.8. The van der Waals surface area contributed by atoms with Gasteiger partial charge >= 0.3 is 0 Å². The van der Waals surface area contributed by atoms with Crippen LogP contribution in [0.2, 0.25) is 5.02 Å². The number of benzene rings is 1. The van der Waals surface area contributed by atoms with Crippen LogP contribution in [0.3, 0.4) is 0 Å². The summed E-state index contributed by atoms with van der Waals surface area (Å²) in [6.07, 6.45) is 2.23. The minimum Gasteiger partial charge on any atom is -0.489 e. The number of nitrogen functional groups attached to an aromatic ring is 1. The Balaban J connectivity index is 2.21. The highest BCUT2D eigenvalue weighted by molar-refractivity contribution is 6.30. The van der Waals surface area contributed by atoms with Gasteiger partial charge in [-0.1, -0.05) is 24.9 Å². The van der Waals surface area contributed by atoms with Crippen molar-refractivity contribution in [3.63, 3.8) is 0 Å². The molecule has 0 heterocycles. The van der Waals surface area contributed by atoms with Crippen molar-refractivity contribution in [2.24, 2.45) is 0 Å². The first-order valence-corrected chi connectivity index (χ1v) is 5.87. The third-order valence-corrected chi connectivity index (χ3v) is 2.33. The molecule has 0 amide bonds. The number of halogens is 1. The zero-order chi connectivity index (χ0) is 11.8. The molecule has 0 unspecified atom stereocenters. The van der Waals surface area contributed by atoms with Gasteiger partial charge in [0, 0.05) is 11.6 Å². The average molecular weight is 244 g/mol. The highest BCUT2D eigenvalue weighted by atomic mass is 35.5. The Morgan fingerprint density at radius 2 is 2.06 bits per heavy atom. The molecule has 0 aliphatic rings. The second kappa shape index (κ2) is 7.36. The van der Waals surface area contributed by atoms with Crippen molar-refractivity contribution >= 4 is 17.3 Å². The van der Waals surface area contributed by atoms with Crippen LogP contribution in [0.1, 0.15) is 19.8 Å². The fourth-order valence-corrected chi connectivity index (χ4v) is 1.39.